The second kappa shape index (κ2) is 8.09. The van der Waals surface area contributed by atoms with E-state index in [4.69, 9.17) is 16.7 Å². The Morgan fingerprint density at radius 3 is 2.65 bits per heavy atom. The van der Waals surface area contributed by atoms with Gasteiger partial charge in [0.2, 0.25) is 10.0 Å². The standard InChI is InChI=1S/C10H12ClN5O8S2/c11-7-1-8-9(2-10(7)26(12,21)22)25-14(5-13-8)3-6(24-16(19)20)4-23-15(17)18/h1-2,6,13H,3-5H2,(H2,12,21,22). The van der Waals surface area contributed by atoms with Crippen LogP contribution in [-0.2, 0) is 19.7 Å². The zero-order chi connectivity index (χ0) is 19.5. The summed E-state index contributed by atoms with van der Waals surface area (Å²) in [6, 6.07) is 2.65. The Kier molecular flexibility index (Phi) is 6.30. The molecule has 1 atom stereocenters. The molecule has 1 aliphatic heterocycles. The maximum absolute atomic E-state index is 11.5. The van der Waals surface area contributed by atoms with Crippen molar-refractivity contribution in [3.63, 3.8) is 0 Å². The van der Waals surface area contributed by atoms with Crippen LogP contribution in [0.2, 0.25) is 5.02 Å². The minimum Gasteiger partial charge on any atom is -0.371 e. The van der Waals surface area contributed by atoms with Gasteiger partial charge in [0, 0.05) is 11.4 Å². The summed E-state index contributed by atoms with van der Waals surface area (Å²) >= 11 is 6.95. The lowest BCUT2D eigenvalue weighted by Gasteiger charge is -2.30. The largest absolute Gasteiger partial charge is 0.371 e. The van der Waals surface area contributed by atoms with Crippen LogP contribution in [0.25, 0.3) is 0 Å². The van der Waals surface area contributed by atoms with Crippen molar-refractivity contribution < 1.29 is 28.3 Å². The molecule has 16 heteroatoms. The van der Waals surface area contributed by atoms with Gasteiger partial charge in [0.25, 0.3) is 10.2 Å². The highest BCUT2D eigenvalue weighted by Crippen LogP contribution is 2.38. The third-order valence-corrected chi connectivity index (χ3v) is 5.47. The lowest BCUT2D eigenvalue weighted by atomic mass is 10.3. The number of benzene rings is 1. The van der Waals surface area contributed by atoms with E-state index in [1.54, 1.807) is 0 Å². The Balaban J connectivity index is 2.14. The predicted octanol–water partition coefficient (Wildman–Crippen LogP) is 0.465. The van der Waals surface area contributed by atoms with Crippen LogP contribution in [0.5, 0.6) is 0 Å². The first-order valence-electron chi connectivity index (χ1n) is 6.68. The van der Waals surface area contributed by atoms with Crippen LogP contribution < -0.4 is 10.5 Å². The molecule has 1 aliphatic rings. The summed E-state index contributed by atoms with van der Waals surface area (Å²) in [7, 11) is -4.04. The van der Waals surface area contributed by atoms with Gasteiger partial charge in [-0.2, -0.15) is 0 Å². The Morgan fingerprint density at radius 2 is 2.08 bits per heavy atom. The molecule has 0 aliphatic carbocycles. The van der Waals surface area contributed by atoms with Gasteiger partial charge < -0.3 is 15.0 Å². The normalized spacial score (nSPS) is 15.5. The number of hydrogen-bond donors (Lipinski definition) is 2. The molecule has 0 spiro atoms. The van der Waals surface area contributed by atoms with Gasteiger partial charge >= 0.3 is 0 Å². The number of halogens is 1. The SMILES string of the molecule is NS(=O)(=O)c1cc2c(cc1Cl)NCN(CC(CO[N+](=O)[O-])O[N+](=O)[O-])S2. The number of hydrogen-bond acceptors (Lipinski definition) is 11. The summed E-state index contributed by atoms with van der Waals surface area (Å²) < 4.78 is 24.6. The highest BCUT2D eigenvalue weighted by Gasteiger charge is 2.26. The van der Waals surface area contributed by atoms with Crippen molar-refractivity contribution in [3.8, 4) is 0 Å². The van der Waals surface area contributed by atoms with E-state index < -0.39 is 32.9 Å². The molecule has 1 aromatic carbocycles. The highest BCUT2D eigenvalue weighted by atomic mass is 35.5. The number of fused-ring (bicyclic) bond motifs is 1. The second-order valence-corrected chi connectivity index (χ2v) is 7.96. The fraction of sp³-hybridized carbons (Fsp3) is 0.400. The van der Waals surface area contributed by atoms with E-state index in [0.717, 1.165) is 11.9 Å². The van der Waals surface area contributed by atoms with E-state index in [-0.39, 0.29) is 23.1 Å². The van der Waals surface area contributed by atoms with Crippen molar-refractivity contribution in [1.82, 2.24) is 4.31 Å². The molecule has 1 unspecified atom stereocenters. The molecule has 13 nitrogen and oxygen atoms in total. The van der Waals surface area contributed by atoms with E-state index in [2.05, 4.69) is 15.0 Å². The lowest BCUT2D eigenvalue weighted by molar-refractivity contribution is -0.789. The summed E-state index contributed by atoms with van der Waals surface area (Å²) in [4.78, 5) is 29.4. The molecule has 0 amide bonds. The molecule has 3 N–H and O–H groups in total. The van der Waals surface area contributed by atoms with E-state index in [9.17, 15) is 28.6 Å². The van der Waals surface area contributed by atoms with Crippen LogP contribution in [-0.4, -0.2) is 48.8 Å². The summed E-state index contributed by atoms with van der Waals surface area (Å²) in [5, 5.41) is 26.6. The Hall–Kier alpha value is -2.07. The second-order valence-electron chi connectivity index (χ2n) is 4.88. The number of primary sulfonamides is 1. The molecule has 0 bridgehead atoms. The number of nitrogens with zero attached hydrogens (tertiary/aromatic N) is 3. The average Bonchev–Trinajstić information content (AvgIpc) is 2.50. The van der Waals surface area contributed by atoms with Gasteiger partial charge in [0.15, 0.2) is 0 Å². The summed E-state index contributed by atoms with van der Waals surface area (Å²) in [5.41, 5.74) is 0.539. The average molecular weight is 430 g/mol. The molecule has 144 valence electrons. The van der Waals surface area contributed by atoms with Crippen molar-refractivity contribution in [2.75, 3.05) is 25.1 Å². The minimum atomic E-state index is -4.04. The first-order valence-corrected chi connectivity index (χ1v) is 9.37. The van der Waals surface area contributed by atoms with Crippen LogP contribution in [0, 0.1) is 20.2 Å². The van der Waals surface area contributed by atoms with Crippen molar-refractivity contribution in [3.05, 3.63) is 37.4 Å². The predicted molar refractivity (Wildman–Crippen MR) is 88.7 cm³/mol. The van der Waals surface area contributed by atoms with Gasteiger partial charge in [-0.15, -0.1) is 20.2 Å². The monoisotopic (exact) mass is 429 g/mol. The number of anilines is 1. The van der Waals surface area contributed by atoms with Crippen LogP contribution >= 0.6 is 23.5 Å². The number of sulfonamides is 1. The summed E-state index contributed by atoms with van der Waals surface area (Å²) in [5.74, 6) is 0. The maximum Gasteiger partial charge on any atom is 0.294 e. The van der Waals surface area contributed by atoms with Gasteiger partial charge in [-0.3, -0.25) is 0 Å². The molecule has 0 saturated heterocycles. The van der Waals surface area contributed by atoms with Gasteiger partial charge in [0.05, 0.1) is 17.4 Å². The van der Waals surface area contributed by atoms with E-state index in [1.807, 2.05) is 0 Å². The summed E-state index contributed by atoms with van der Waals surface area (Å²) in [6.45, 7) is -0.598. The van der Waals surface area contributed by atoms with Gasteiger partial charge in [-0.05, 0) is 24.1 Å². The molecule has 0 saturated carbocycles. The molecule has 1 aromatic rings. The van der Waals surface area contributed by atoms with Crippen LogP contribution in [0.1, 0.15) is 0 Å². The Morgan fingerprint density at radius 1 is 1.38 bits per heavy atom. The molecule has 0 radical (unpaired) electrons. The van der Waals surface area contributed by atoms with Crippen molar-refractivity contribution in [1.29, 1.82) is 0 Å². The van der Waals surface area contributed by atoms with Crippen LogP contribution in [0.15, 0.2) is 21.9 Å². The third kappa shape index (κ3) is 5.46. The lowest BCUT2D eigenvalue weighted by Crippen LogP contribution is -2.38. The topological polar surface area (TPSA) is 180 Å². The zero-order valence-corrected chi connectivity index (χ0v) is 15.1. The first kappa shape index (κ1) is 20.2. The van der Waals surface area contributed by atoms with Crippen molar-refractivity contribution in [2.24, 2.45) is 5.14 Å². The van der Waals surface area contributed by atoms with E-state index in [0.29, 0.717) is 10.6 Å². The fourth-order valence-electron chi connectivity index (χ4n) is 2.02. The van der Waals surface area contributed by atoms with Crippen molar-refractivity contribution >= 4 is 39.3 Å². The van der Waals surface area contributed by atoms with Gasteiger partial charge in [0.1, 0.15) is 17.6 Å². The molecule has 0 fully saturated rings. The molecule has 2 rings (SSSR count). The Labute approximate surface area is 155 Å². The number of nitrogens with one attached hydrogen (secondary N) is 1. The smallest absolute Gasteiger partial charge is 0.294 e. The highest BCUT2D eigenvalue weighted by molar-refractivity contribution is 7.97. The Bertz CT molecular complexity index is 822. The first-order chi connectivity index (χ1) is 12.1. The maximum atomic E-state index is 11.5. The van der Waals surface area contributed by atoms with Gasteiger partial charge in [-0.25, -0.2) is 17.9 Å². The third-order valence-electron chi connectivity index (χ3n) is 3.02. The minimum absolute atomic E-state index is 0.0539. The van der Waals surface area contributed by atoms with E-state index >= 15 is 0 Å². The quantitative estimate of drug-likeness (QED) is 0.333. The van der Waals surface area contributed by atoms with Crippen LogP contribution in [0.3, 0.4) is 0 Å². The summed E-state index contributed by atoms with van der Waals surface area (Å²) in [6.07, 6.45) is -1.24. The molecular formula is C10H12ClN5O8S2. The number of nitrogens with two attached hydrogens (primary N) is 1. The van der Waals surface area contributed by atoms with E-state index in [1.165, 1.54) is 16.4 Å². The molecular weight excluding hydrogens is 418 g/mol. The number of rotatable bonds is 8. The van der Waals surface area contributed by atoms with Gasteiger partial charge in [-0.1, -0.05) is 11.6 Å². The fourth-order valence-corrected chi connectivity index (χ4v) is 4.24. The van der Waals surface area contributed by atoms with Crippen molar-refractivity contribution in [2.45, 2.75) is 15.9 Å². The molecule has 0 aromatic heterocycles. The zero-order valence-electron chi connectivity index (χ0n) is 12.7. The molecule has 26 heavy (non-hydrogen) atoms. The van der Waals surface area contributed by atoms with Crippen LogP contribution in [0.4, 0.5) is 5.69 Å². The molecule has 1 heterocycles.